The average Bonchev–Trinajstić information content (AvgIpc) is 2.59. The molecule has 1 aromatic carbocycles. The number of carbonyl (C=O) groups is 1. The molecule has 0 aromatic heterocycles. The molecule has 0 saturated heterocycles. The number of benzene rings is 1. The number of carbonyl (C=O) groups excluding carboxylic acids is 1. The molecular weight excluding hydrogens is 300 g/mol. The van der Waals surface area contributed by atoms with Crippen molar-refractivity contribution < 1.29 is 14.3 Å². The molecule has 0 aliphatic carbocycles. The molecule has 0 saturated carbocycles. The molecule has 0 radical (unpaired) electrons. The molecular formula is C21H34O3. The van der Waals surface area contributed by atoms with Crippen molar-refractivity contribution in [1.29, 1.82) is 0 Å². The summed E-state index contributed by atoms with van der Waals surface area (Å²) < 4.78 is 10.6. The SMILES string of the molecule is CCCCCCCOC(=O)Oc1ccccc1CCCCCCC. The topological polar surface area (TPSA) is 35.5 Å². The maximum absolute atomic E-state index is 11.8. The van der Waals surface area contributed by atoms with Gasteiger partial charge in [0, 0.05) is 0 Å². The molecule has 136 valence electrons. The summed E-state index contributed by atoms with van der Waals surface area (Å²) in [5.74, 6) is 0.643. The monoisotopic (exact) mass is 334 g/mol. The summed E-state index contributed by atoms with van der Waals surface area (Å²) in [4.78, 5) is 11.8. The van der Waals surface area contributed by atoms with E-state index in [2.05, 4.69) is 13.8 Å². The second-order valence-corrected chi connectivity index (χ2v) is 6.39. The molecule has 3 heteroatoms. The van der Waals surface area contributed by atoms with E-state index in [0.29, 0.717) is 12.4 Å². The number of unbranched alkanes of at least 4 members (excludes halogenated alkanes) is 8. The Hall–Kier alpha value is -1.51. The number of rotatable bonds is 13. The summed E-state index contributed by atoms with van der Waals surface area (Å²) in [5, 5.41) is 0. The third kappa shape index (κ3) is 9.59. The summed E-state index contributed by atoms with van der Waals surface area (Å²) >= 11 is 0. The van der Waals surface area contributed by atoms with Crippen LogP contribution >= 0.6 is 0 Å². The van der Waals surface area contributed by atoms with Gasteiger partial charge in [0.05, 0.1) is 6.61 Å². The van der Waals surface area contributed by atoms with Crippen LogP contribution in [0.5, 0.6) is 5.75 Å². The third-order valence-corrected chi connectivity index (χ3v) is 4.18. The molecule has 0 spiro atoms. The molecule has 0 fully saturated rings. The van der Waals surface area contributed by atoms with Crippen LogP contribution in [-0.2, 0) is 11.2 Å². The fraction of sp³-hybridized carbons (Fsp3) is 0.667. The number of hydrogen-bond donors (Lipinski definition) is 0. The molecule has 0 aliphatic heterocycles. The van der Waals surface area contributed by atoms with Crippen molar-refractivity contribution in [2.45, 2.75) is 84.5 Å². The van der Waals surface area contributed by atoms with E-state index in [9.17, 15) is 4.79 Å². The first-order chi connectivity index (χ1) is 11.8. The Balaban J connectivity index is 2.29. The molecule has 0 aliphatic rings. The van der Waals surface area contributed by atoms with E-state index in [-0.39, 0.29) is 0 Å². The van der Waals surface area contributed by atoms with Gasteiger partial charge in [-0.3, -0.25) is 0 Å². The molecule has 24 heavy (non-hydrogen) atoms. The van der Waals surface area contributed by atoms with E-state index >= 15 is 0 Å². The zero-order valence-corrected chi connectivity index (χ0v) is 15.5. The summed E-state index contributed by atoms with van der Waals surface area (Å²) in [6.45, 7) is 4.86. The molecule has 0 N–H and O–H groups in total. The largest absolute Gasteiger partial charge is 0.513 e. The average molecular weight is 335 g/mol. The molecule has 0 amide bonds. The molecule has 0 heterocycles. The van der Waals surface area contributed by atoms with Gasteiger partial charge >= 0.3 is 6.16 Å². The second kappa shape index (κ2) is 13.9. The Kier molecular flexibility index (Phi) is 11.9. The highest BCUT2D eigenvalue weighted by Gasteiger charge is 2.09. The Labute approximate surface area is 147 Å². The van der Waals surface area contributed by atoms with Crippen LogP contribution in [-0.4, -0.2) is 12.8 Å². The quantitative estimate of drug-likeness (QED) is 0.229. The van der Waals surface area contributed by atoms with Crippen molar-refractivity contribution in [1.82, 2.24) is 0 Å². The summed E-state index contributed by atoms with van der Waals surface area (Å²) in [7, 11) is 0. The normalized spacial score (nSPS) is 10.6. The number of ether oxygens (including phenoxy) is 2. The van der Waals surface area contributed by atoms with Gasteiger partial charge in [-0.25, -0.2) is 4.79 Å². The van der Waals surface area contributed by atoms with Crippen LogP contribution in [0.4, 0.5) is 4.79 Å². The van der Waals surface area contributed by atoms with Crippen molar-refractivity contribution in [2.24, 2.45) is 0 Å². The van der Waals surface area contributed by atoms with Crippen LogP contribution in [0.15, 0.2) is 24.3 Å². The second-order valence-electron chi connectivity index (χ2n) is 6.39. The predicted octanol–water partition coefficient (Wildman–Crippen LogP) is 6.69. The third-order valence-electron chi connectivity index (χ3n) is 4.18. The van der Waals surface area contributed by atoms with Crippen molar-refractivity contribution in [3.63, 3.8) is 0 Å². The predicted molar refractivity (Wildman–Crippen MR) is 99.6 cm³/mol. The standard InChI is InChI=1S/C21H34O3/c1-3-5-7-9-11-15-19-16-12-13-17-20(19)24-21(22)23-18-14-10-8-6-4-2/h12-13,16-17H,3-11,14-15,18H2,1-2H3. The van der Waals surface area contributed by atoms with E-state index in [4.69, 9.17) is 9.47 Å². The van der Waals surface area contributed by atoms with Crippen molar-refractivity contribution in [3.05, 3.63) is 29.8 Å². The van der Waals surface area contributed by atoms with Crippen LogP contribution in [0.3, 0.4) is 0 Å². The summed E-state index contributed by atoms with van der Waals surface area (Å²) in [5.41, 5.74) is 1.09. The fourth-order valence-corrected chi connectivity index (χ4v) is 2.71. The van der Waals surface area contributed by atoms with E-state index in [0.717, 1.165) is 31.2 Å². The Morgan fingerprint density at radius 3 is 2.17 bits per heavy atom. The number of para-hydroxylation sites is 1. The minimum absolute atomic E-state index is 0.446. The Morgan fingerprint density at radius 2 is 1.46 bits per heavy atom. The molecule has 1 aromatic rings. The molecule has 0 atom stereocenters. The van der Waals surface area contributed by atoms with Crippen LogP contribution < -0.4 is 4.74 Å². The lowest BCUT2D eigenvalue weighted by Crippen LogP contribution is -2.12. The number of aryl methyl sites for hydroxylation is 1. The van der Waals surface area contributed by atoms with Crippen LogP contribution in [0.1, 0.15) is 83.6 Å². The first-order valence-corrected chi connectivity index (χ1v) is 9.70. The van der Waals surface area contributed by atoms with Gasteiger partial charge in [-0.2, -0.15) is 0 Å². The van der Waals surface area contributed by atoms with Gasteiger partial charge < -0.3 is 9.47 Å². The van der Waals surface area contributed by atoms with E-state index in [1.165, 1.54) is 44.9 Å². The number of hydrogen-bond acceptors (Lipinski definition) is 3. The first-order valence-electron chi connectivity index (χ1n) is 9.70. The van der Waals surface area contributed by atoms with Crippen molar-refractivity contribution in [3.8, 4) is 5.75 Å². The van der Waals surface area contributed by atoms with Gasteiger partial charge in [0.2, 0.25) is 0 Å². The van der Waals surface area contributed by atoms with E-state index in [1.807, 2.05) is 24.3 Å². The summed E-state index contributed by atoms with van der Waals surface area (Å²) in [6, 6.07) is 7.78. The van der Waals surface area contributed by atoms with Crippen molar-refractivity contribution >= 4 is 6.16 Å². The Morgan fingerprint density at radius 1 is 0.833 bits per heavy atom. The lowest BCUT2D eigenvalue weighted by Gasteiger charge is -2.10. The minimum Gasteiger partial charge on any atom is -0.434 e. The minimum atomic E-state index is -0.580. The maximum atomic E-state index is 11.8. The van der Waals surface area contributed by atoms with Crippen LogP contribution in [0.2, 0.25) is 0 Å². The molecule has 0 bridgehead atoms. The van der Waals surface area contributed by atoms with Crippen molar-refractivity contribution in [2.75, 3.05) is 6.61 Å². The van der Waals surface area contributed by atoms with Crippen LogP contribution in [0.25, 0.3) is 0 Å². The molecule has 1 rings (SSSR count). The highest BCUT2D eigenvalue weighted by Crippen LogP contribution is 2.21. The fourth-order valence-electron chi connectivity index (χ4n) is 2.71. The van der Waals surface area contributed by atoms with Crippen LogP contribution in [0, 0.1) is 0 Å². The lowest BCUT2D eigenvalue weighted by atomic mass is 10.0. The van der Waals surface area contributed by atoms with E-state index in [1.54, 1.807) is 0 Å². The van der Waals surface area contributed by atoms with E-state index < -0.39 is 6.16 Å². The van der Waals surface area contributed by atoms with Gasteiger partial charge in [-0.15, -0.1) is 0 Å². The van der Waals surface area contributed by atoms with Gasteiger partial charge in [0.15, 0.2) is 0 Å². The van der Waals surface area contributed by atoms with Gasteiger partial charge in [0.25, 0.3) is 0 Å². The highest BCUT2D eigenvalue weighted by molar-refractivity contribution is 5.64. The van der Waals surface area contributed by atoms with Gasteiger partial charge in [0.1, 0.15) is 5.75 Å². The smallest absolute Gasteiger partial charge is 0.434 e. The first kappa shape index (κ1) is 20.5. The molecule has 3 nitrogen and oxygen atoms in total. The zero-order valence-electron chi connectivity index (χ0n) is 15.5. The zero-order chi connectivity index (χ0) is 17.5. The lowest BCUT2D eigenvalue weighted by molar-refractivity contribution is 0.0969. The molecule has 0 unspecified atom stereocenters. The maximum Gasteiger partial charge on any atom is 0.513 e. The highest BCUT2D eigenvalue weighted by atomic mass is 16.7. The van der Waals surface area contributed by atoms with Gasteiger partial charge in [-0.05, 0) is 30.9 Å². The summed E-state index contributed by atoms with van der Waals surface area (Å²) in [6.07, 6.45) is 12.2. The van der Waals surface area contributed by atoms with Gasteiger partial charge in [-0.1, -0.05) is 83.4 Å². The Bertz CT molecular complexity index is 442.